The Hall–Kier alpha value is -1.15. The summed E-state index contributed by atoms with van der Waals surface area (Å²) in [5.74, 6) is 0.307. The molecule has 1 nitrogen and oxygen atoms in total. The van der Waals surface area contributed by atoms with Crippen LogP contribution >= 0.6 is 0 Å². The summed E-state index contributed by atoms with van der Waals surface area (Å²) < 4.78 is 0. The van der Waals surface area contributed by atoms with E-state index in [0.29, 0.717) is 5.78 Å². The lowest BCUT2D eigenvalue weighted by Crippen LogP contribution is -2.43. The fourth-order valence-corrected chi connectivity index (χ4v) is 4.80. The smallest absolute Gasteiger partial charge is 0.155 e. The Kier molecular flexibility index (Phi) is 2.61. The van der Waals surface area contributed by atoms with E-state index in [2.05, 4.69) is 37.4 Å². The summed E-state index contributed by atoms with van der Waals surface area (Å²) in [6.07, 6.45) is 3.59. The quantitative estimate of drug-likeness (QED) is 0.694. The molecule has 2 rings (SSSR count). The average molecular weight is 216 g/mol. The number of hydrogen-bond acceptors (Lipinski definition) is 1. The molecule has 0 heterocycles. The van der Waals surface area contributed by atoms with Gasteiger partial charge in [-0.2, -0.15) is 0 Å². The Balaban J connectivity index is 2.35. The minimum absolute atomic E-state index is 0.307. The van der Waals surface area contributed by atoms with E-state index in [1.165, 1.54) is 10.4 Å². The molecular formula is C13H16OSi. The van der Waals surface area contributed by atoms with Gasteiger partial charge in [-0.15, -0.1) is 0 Å². The van der Waals surface area contributed by atoms with Crippen molar-refractivity contribution in [3.8, 4) is 0 Å². The van der Waals surface area contributed by atoms with Crippen molar-refractivity contribution < 1.29 is 4.79 Å². The number of rotatable bonds is 2. The second-order valence-electron chi connectivity index (χ2n) is 4.63. The number of carbonyl (C=O) groups is 1. The number of benzene rings is 1. The third-order valence-corrected chi connectivity index (χ3v) is 7.05. The number of allylic oxidation sites excluding steroid dienone is 2. The van der Waals surface area contributed by atoms with E-state index in [1.54, 1.807) is 0 Å². The SMILES string of the molecule is C[Si](C)(C1=CC(=O)CC1)c1ccccc1. The Bertz CT molecular complexity index is 404. The van der Waals surface area contributed by atoms with Gasteiger partial charge in [0.1, 0.15) is 8.07 Å². The molecule has 0 N–H and O–H groups in total. The van der Waals surface area contributed by atoms with Crippen LogP contribution in [-0.2, 0) is 4.79 Å². The van der Waals surface area contributed by atoms with Gasteiger partial charge in [0, 0.05) is 6.42 Å². The van der Waals surface area contributed by atoms with Gasteiger partial charge in [0.05, 0.1) is 0 Å². The van der Waals surface area contributed by atoms with E-state index >= 15 is 0 Å². The molecule has 1 aromatic rings. The lowest BCUT2D eigenvalue weighted by Gasteiger charge is -2.24. The Labute approximate surface area is 91.8 Å². The van der Waals surface area contributed by atoms with Crippen LogP contribution in [0.2, 0.25) is 13.1 Å². The molecule has 78 valence electrons. The summed E-state index contributed by atoms with van der Waals surface area (Å²) in [4.78, 5) is 11.3. The van der Waals surface area contributed by atoms with Gasteiger partial charge < -0.3 is 0 Å². The highest BCUT2D eigenvalue weighted by molar-refractivity contribution is 6.96. The fraction of sp³-hybridized carbons (Fsp3) is 0.308. The van der Waals surface area contributed by atoms with E-state index in [4.69, 9.17) is 0 Å². The van der Waals surface area contributed by atoms with Crippen LogP contribution in [0.1, 0.15) is 12.8 Å². The van der Waals surface area contributed by atoms with Crippen LogP contribution in [0.4, 0.5) is 0 Å². The van der Waals surface area contributed by atoms with Crippen LogP contribution in [0, 0.1) is 0 Å². The van der Waals surface area contributed by atoms with Crippen molar-refractivity contribution >= 4 is 19.0 Å². The molecular weight excluding hydrogens is 200 g/mol. The van der Waals surface area contributed by atoms with Crippen LogP contribution in [0.15, 0.2) is 41.6 Å². The second kappa shape index (κ2) is 3.78. The Morgan fingerprint density at radius 1 is 1.07 bits per heavy atom. The first-order chi connectivity index (χ1) is 7.10. The van der Waals surface area contributed by atoms with Crippen molar-refractivity contribution in [1.29, 1.82) is 0 Å². The molecule has 0 aromatic heterocycles. The number of ketones is 1. The summed E-state index contributed by atoms with van der Waals surface area (Å²) in [6, 6.07) is 10.6. The van der Waals surface area contributed by atoms with E-state index in [9.17, 15) is 4.79 Å². The number of hydrogen-bond donors (Lipinski definition) is 0. The molecule has 1 aliphatic carbocycles. The fourth-order valence-electron chi connectivity index (χ4n) is 2.13. The maximum atomic E-state index is 11.3. The third-order valence-electron chi connectivity index (χ3n) is 3.27. The van der Waals surface area contributed by atoms with Gasteiger partial charge in [-0.3, -0.25) is 4.79 Å². The van der Waals surface area contributed by atoms with Crippen LogP contribution in [-0.4, -0.2) is 13.9 Å². The Morgan fingerprint density at radius 2 is 1.73 bits per heavy atom. The molecule has 0 aliphatic heterocycles. The molecule has 0 unspecified atom stereocenters. The zero-order valence-electron chi connectivity index (χ0n) is 9.29. The van der Waals surface area contributed by atoms with Gasteiger partial charge in [-0.1, -0.05) is 53.8 Å². The highest BCUT2D eigenvalue weighted by atomic mass is 28.3. The summed E-state index contributed by atoms with van der Waals surface area (Å²) in [7, 11) is -1.55. The molecule has 0 atom stereocenters. The van der Waals surface area contributed by atoms with Crippen LogP contribution in [0.5, 0.6) is 0 Å². The van der Waals surface area contributed by atoms with Gasteiger partial charge >= 0.3 is 0 Å². The minimum atomic E-state index is -1.55. The van der Waals surface area contributed by atoms with E-state index in [-0.39, 0.29) is 0 Å². The van der Waals surface area contributed by atoms with Crippen molar-refractivity contribution in [3.63, 3.8) is 0 Å². The molecule has 1 aromatic carbocycles. The van der Waals surface area contributed by atoms with Gasteiger partial charge in [0.25, 0.3) is 0 Å². The summed E-state index contributed by atoms with van der Waals surface area (Å²) >= 11 is 0. The van der Waals surface area contributed by atoms with E-state index < -0.39 is 8.07 Å². The number of carbonyl (C=O) groups excluding carboxylic acids is 1. The largest absolute Gasteiger partial charge is 0.295 e. The first-order valence-electron chi connectivity index (χ1n) is 5.40. The van der Waals surface area contributed by atoms with Crippen molar-refractivity contribution in [1.82, 2.24) is 0 Å². The lowest BCUT2D eigenvalue weighted by molar-refractivity contribution is -0.114. The molecule has 2 heteroatoms. The van der Waals surface area contributed by atoms with Crippen molar-refractivity contribution in [3.05, 3.63) is 41.6 Å². The first kappa shape index (κ1) is 10.4. The van der Waals surface area contributed by atoms with Crippen LogP contribution in [0.3, 0.4) is 0 Å². The van der Waals surface area contributed by atoms with Crippen LogP contribution in [0.25, 0.3) is 0 Å². The summed E-state index contributed by atoms with van der Waals surface area (Å²) in [5.41, 5.74) is 0. The first-order valence-corrected chi connectivity index (χ1v) is 8.40. The van der Waals surface area contributed by atoms with E-state index in [0.717, 1.165) is 12.8 Å². The molecule has 0 amide bonds. The maximum absolute atomic E-state index is 11.3. The predicted octanol–water partition coefficient (Wildman–Crippen LogP) is 2.43. The van der Waals surface area contributed by atoms with Crippen molar-refractivity contribution in [2.24, 2.45) is 0 Å². The molecule has 0 radical (unpaired) electrons. The van der Waals surface area contributed by atoms with Gasteiger partial charge in [-0.05, 0) is 12.5 Å². The van der Waals surface area contributed by atoms with Gasteiger partial charge in [-0.25, -0.2) is 0 Å². The molecule has 0 bridgehead atoms. The summed E-state index contributed by atoms with van der Waals surface area (Å²) in [6.45, 7) is 4.65. The van der Waals surface area contributed by atoms with Gasteiger partial charge in [0.15, 0.2) is 5.78 Å². The van der Waals surface area contributed by atoms with E-state index in [1.807, 2.05) is 12.1 Å². The standard InChI is InChI=1S/C13H16OSi/c1-15(2,12-6-4-3-5-7-12)13-9-8-11(14)10-13/h3-7,10H,8-9H2,1-2H3. The predicted molar refractivity (Wildman–Crippen MR) is 65.9 cm³/mol. The average Bonchev–Trinajstić information content (AvgIpc) is 2.67. The molecule has 0 fully saturated rings. The molecule has 0 saturated carbocycles. The topological polar surface area (TPSA) is 17.1 Å². The minimum Gasteiger partial charge on any atom is -0.295 e. The highest BCUT2D eigenvalue weighted by Crippen LogP contribution is 2.25. The maximum Gasteiger partial charge on any atom is 0.155 e. The molecule has 0 saturated heterocycles. The second-order valence-corrected chi connectivity index (χ2v) is 9.10. The zero-order valence-corrected chi connectivity index (χ0v) is 10.3. The normalized spacial score (nSPS) is 16.7. The Morgan fingerprint density at radius 3 is 2.27 bits per heavy atom. The summed E-state index contributed by atoms with van der Waals surface area (Å²) in [5, 5.41) is 2.82. The lowest BCUT2D eigenvalue weighted by atomic mass is 10.3. The molecule has 1 aliphatic rings. The van der Waals surface area contributed by atoms with Crippen molar-refractivity contribution in [2.45, 2.75) is 25.9 Å². The van der Waals surface area contributed by atoms with Crippen molar-refractivity contribution in [2.75, 3.05) is 0 Å². The monoisotopic (exact) mass is 216 g/mol. The molecule has 0 spiro atoms. The highest BCUT2D eigenvalue weighted by Gasteiger charge is 2.31. The van der Waals surface area contributed by atoms with Gasteiger partial charge in [0.2, 0.25) is 0 Å². The molecule has 15 heavy (non-hydrogen) atoms. The zero-order chi connectivity index (χ0) is 10.9. The van der Waals surface area contributed by atoms with Crippen LogP contribution < -0.4 is 5.19 Å². The third kappa shape index (κ3) is 1.95.